The van der Waals surface area contributed by atoms with Gasteiger partial charge in [-0.1, -0.05) is 19.3 Å². The van der Waals surface area contributed by atoms with Gasteiger partial charge in [0.2, 0.25) is 0 Å². The molecule has 1 saturated heterocycles. The van der Waals surface area contributed by atoms with Crippen LogP contribution in [0.5, 0.6) is 0 Å². The molecule has 2 N–H and O–H groups in total. The van der Waals surface area contributed by atoms with E-state index >= 15 is 0 Å². The van der Waals surface area contributed by atoms with Crippen LogP contribution in [0.3, 0.4) is 0 Å². The normalized spacial score (nSPS) is 25.7. The molecule has 1 atom stereocenters. The molecule has 20 heavy (non-hydrogen) atoms. The van der Waals surface area contributed by atoms with Crippen molar-refractivity contribution in [3.8, 4) is 0 Å². The van der Waals surface area contributed by atoms with Gasteiger partial charge in [0.25, 0.3) is 0 Å². The van der Waals surface area contributed by atoms with Gasteiger partial charge in [-0.15, -0.1) is 0 Å². The Bertz CT molecular complexity index is 396. The molecule has 2 aliphatic rings. The molecule has 0 radical (unpaired) electrons. The predicted octanol–water partition coefficient (Wildman–Crippen LogP) is 1.94. The van der Waals surface area contributed by atoms with Crippen LogP contribution in [0.25, 0.3) is 0 Å². The van der Waals surface area contributed by atoms with E-state index in [4.69, 9.17) is 5.73 Å². The Kier molecular flexibility index (Phi) is 5.49. The van der Waals surface area contributed by atoms with Gasteiger partial charge >= 0.3 is 0 Å². The van der Waals surface area contributed by atoms with E-state index in [1.807, 2.05) is 0 Å². The third-order valence-corrected chi connectivity index (χ3v) is 6.21. The summed E-state index contributed by atoms with van der Waals surface area (Å²) < 4.78 is 22.5. The molecule has 5 heteroatoms. The van der Waals surface area contributed by atoms with Crippen LogP contribution in [-0.4, -0.2) is 50.0 Å². The highest BCUT2D eigenvalue weighted by Crippen LogP contribution is 2.40. The molecule has 1 unspecified atom stereocenters. The van der Waals surface area contributed by atoms with Gasteiger partial charge in [-0.2, -0.15) is 0 Å². The number of likely N-dealkylation sites (tertiary alicyclic amines) is 1. The van der Waals surface area contributed by atoms with Gasteiger partial charge in [-0.3, -0.25) is 4.90 Å². The van der Waals surface area contributed by atoms with Gasteiger partial charge in [0.1, 0.15) is 9.84 Å². The average Bonchev–Trinajstić information content (AvgIpc) is 2.89. The first-order valence-corrected chi connectivity index (χ1v) is 10.2. The lowest BCUT2D eigenvalue weighted by Gasteiger charge is -2.47. The topological polar surface area (TPSA) is 63.4 Å². The Labute approximate surface area is 124 Å². The Hall–Kier alpha value is -0.130. The van der Waals surface area contributed by atoms with E-state index in [9.17, 15) is 8.42 Å². The summed E-state index contributed by atoms with van der Waals surface area (Å²) in [5, 5.41) is 0. The molecular formula is C15H30N2O2S. The Balaban J connectivity index is 1.96. The Morgan fingerprint density at radius 2 is 1.70 bits per heavy atom. The van der Waals surface area contributed by atoms with Crippen molar-refractivity contribution in [1.29, 1.82) is 0 Å². The van der Waals surface area contributed by atoms with Crippen LogP contribution < -0.4 is 5.73 Å². The molecule has 0 aromatic rings. The maximum Gasteiger partial charge on any atom is 0.147 e. The number of hydrogen-bond donors (Lipinski definition) is 1. The summed E-state index contributed by atoms with van der Waals surface area (Å²) in [5.74, 6) is 0.275. The van der Waals surface area contributed by atoms with Crippen molar-refractivity contribution in [3.63, 3.8) is 0 Å². The zero-order valence-corrected chi connectivity index (χ0v) is 13.6. The minimum absolute atomic E-state index is 0.129. The van der Waals surface area contributed by atoms with Crippen LogP contribution in [0.15, 0.2) is 0 Å². The third kappa shape index (κ3) is 3.95. The second kappa shape index (κ2) is 6.75. The van der Waals surface area contributed by atoms with Crippen molar-refractivity contribution in [2.75, 3.05) is 25.1 Å². The maximum absolute atomic E-state index is 11.3. The van der Waals surface area contributed by atoms with Gasteiger partial charge in [0.05, 0.1) is 0 Å². The van der Waals surface area contributed by atoms with Crippen molar-refractivity contribution in [3.05, 3.63) is 0 Å². The van der Waals surface area contributed by atoms with Crippen LogP contribution in [0.2, 0.25) is 0 Å². The quantitative estimate of drug-likeness (QED) is 0.814. The second-order valence-corrected chi connectivity index (χ2v) is 9.00. The Morgan fingerprint density at radius 1 is 1.10 bits per heavy atom. The molecule has 4 nitrogen and oxygen atoms in total. The minimum Gasteiger partial charge on any atom is -0.326 e. The van der Waals surface area contributed by atoms with E-state index in [0.717, 1.165) is 6.42 Å². The molecular weight excluding hydrogens is 272 g/mol. The summed E-state index contributed by atoms with van der Waals surface area (Å²) in [6.07, 6.45) is 11.7. The molecule has 0 bridgehead atoms. The summed E-state index contributed by atoms with van der Waals surface area (Å²) in [4.78, 5) is 2.63. The fourth-order valence-electron chi connectivity index (χ4n) is 4.08. The van der Waals surface area contributed by atoms with Crippen LogP contribution in [0.1, 0.15) is 57.8 Å². The summed E-state index contributed by atoms with van der Waals surface area (Å²) in [6, 6.07) is 0.129. The van der Waals surface area contributed by atoms with Gasteiger partial charge in [0.15, 0.2) is 0 Å². The fraction of sp³-hybridized carbons (Fsp3) is 1.00. The van der Waals surface area contributed by atoms with Crippen LogP contribution in [0, 0.1) is 0 Å². The zero-order chi connectivity index (χ0) is 14.6. The van der Waals surface area contributed by atoms with E-state index in [1.54, 1.807) is 0 Å². The first-order valence-electron chi connectivity index (χ1n) is 8.12. The first-order chi connectivity index (χ1) is 9.44. The fourth-order valence-corrected chi connectivity index (χ4v) is 4.77. The van der Waals surface area contributed by atoms with Gasteiger partial charge in [-0.05, 0) is 51.6 Å². The zero-order valence-electron chi connectivity index (χ0n) is 12.8. The number of hydrogen-bond acceptors (Lipinski definition) is 4. The van der Waals surface area contributed by atoms with Crippen molar-refractivity contribution in [2.45, 2.75) is 69.4 Å². The molecule has 118 valence electrons. The molecule has 1 heterocycles. The number of sulfone groups is 1. The summed E-state index contributed by atoms with van der Waals surface area (Å²) in [6.45, 7) is 2.36. The SMILES string of the molecule is CS(=O)(=O)CCCC(N)C1(N2CCCCC2)CCCC1. The smallest absolute Gasteiger partial charge is 0.147 e. The van der Waals surface area contributed by atoms with Crippen molar-refractivity contribution < 1.29 is 8.42 Å². The van der Waals surface area contributed by atoms with Crippen molar-refractivity contribution in [1.82, 2.24) is 4.90 Å². The summed E-state index contributed by atoms with van der Waals surface area (Å²) >= 11 is 0. The highest BCUT2D eigenvalue weighted by molar-refractivity contribution is 7.90. The molecule has 1 aliphatic carbocycles. The summed E-state index contributed by atoms with van der Waals surface area (Å²) in [7, 11) is -2.86. The largest absolute Gasteiger partial charge is 0.326 e. The molecule has 1 saturated carbocycles. The predicted molar refractivity (Wildman–Crippen MR) is 83.5 cm³/mol. The molecule has 2 rings (SSSR count). The molecule has 0 amide bonds. The lowest BCUT2D eigenvalue weighted by molar-refractivity contribution is 0.0456. The van der Waals surface area contributed by atoms with Crippen LogP contribution >= 0.6 is 0 Å². The van der Waals surface area contributed by atoms with Gasteiger partial charge in [0, 0.05) is 23.6 Å². The molecule has 1 aliphatic heterocycles. The Morgan fingerprint density at radius 3 is 2.25 bits per heavy atom. The van der Waals surface area contributed by atoms with E-state index in [1.165, 1.54) is 64.3 Å². The second-order valence-electron chi connectivity index (χ2n) is 6.74. The van der Waals surface area contributed by atoms with E-state index in [-0.39, 0.29) is 17.3 Å². The number of rotatable bonds is 6. The van der Waals surface area contributed by atoms with E-state index in [2.05, 4.69) is 4.90 Å². The molecule has 0 spiro atoms. The average molecular weight is 302 g/mol. The molecule has 0 aromatic carbocycles. The van der Waals surface area contributed by atoms with E-state index < -0.39 is 9.84 Å². The standard InChI is InChI=1S/C15H30N2O2S/c1-20(18,19)13-7-8-14(16)15(9-3-4-10-15)17-11-5-2-6-12-17/h14H,2-13,16H2,1H3. The van der Waals surface area contributed by atoms with Gasteiger partial charge in [-0.25, -0.2) is 8.42 Å². The minimum atomic E-state index is -2.86. The lowest BCUT2D eigenvalue weighted by Crippen LogP contribution is -2.59. The van der Waals surface area contributed by atoms with Crippen LogP contribution in [-0.2, 0) is 9.84 Å². The number of nitrogens with two attached hydrogens (primary N) is 1. The number of nitrogens with zero attached hydrogens (tertiary/aromatic N) is 1. The number of piperidine rings is 1. The molecule has 0 aromatic heterocycles. The highest BCUT2D eigenvalue weighted by Gasteiger charge is 2.44. The van der Waals surface area contributed by atoms with Crippen molar-refractivity contribution in [2.24, 2.45) is 5.73 Å². The van der Waals surface area contributed by atoms with Crippen molar-refractivity contribution >= 4 is 9.84 Å². The lowest BCUT2D eigenvalue weighted by atomic mass is 9.83. The highest BCUT2D eigenvalue weighted by atomic mass is 32.2. The monoisotopic (exact) mass is 302 g/mol. The van der Waals surface area contributed by atoms with E-state index in [0.29, 0.717) is 6.42 Å². The van der Waals surface area contributed by atoms with Gasteiger partial charge < -0.3 is 5.73 Å². The maximum atomic E-state index is 11.3. The first kappa shape index (κ1) is 16.2. The molecule has 2 fully saturated rings. The summed E-state index contributed by atoms with van der Waals surface area (Å²) in [5.41, 5.74) is 6.70. The third-order valence-electron chi connectivity index (χ3n) is 5.18. The van der Waals surface area contributed by atoms with Crippen LogP contribution in [0.4, 0.5) is 0 Å².